The fourth-order valence-electron chi connectivity index (χ4n) is 1.47. The second-order valence-corrected chi connectivity index (χ2v) is 4.38. The number of methoxy groups -OCH3 is 1. The van der Waals surface area contributed by atoms with Crippen LogP contribution in [0.15, 0.2) is 24.3 Å². The van der Waals surface area contributed by atoms with E-state index in [0.717, 1.165) is 24.5 Å². The number of ether oxygens (including phenoxy) is 1. The normalized spacial score (nSPS) is 12.7. The lowest BCUT2D eigenvalue weighted by Gasteiger charge is -2.13. The summed E-state index contributed by atoms with van der Waals surface area (Å²) in [4.78, 5) is 0. The number of hydrogen-bond acceptors (Lipinski definition) is 1. The molecule has 0 saturated heterocycles. The van der Waals surface area contributed by atoms with Crippen LogP contribution in [-0.4, -0.2) is 19.6 Å². The first kappa shape index (κ1) is 12.8. The van der Waals surface area contributed by atoms with Crippen LogP contribution in [0.25, 0.3) is 0 Å². The zero-order chi connectivity index (χ0) is 11.1. The van der Waals surface area contributed by atoms with Crippen LogP contribution in [0.2, 0.25) is 5.02 Å². The zero-order valence-electron chi connectivity index (χ0n) is 8.88. The van der Waals surface area contributed by atoms with Gasteiger partial charge in [0.15, 0.2) is 0 Å². The minimum atomic E-state index is 0.479. The van der Waals surface area contributed by atoms with E-state index in [-0.39, 0.29) is 0 Å². The minimum Gasteiger partial charge on any atom is -0.385 e. The van der Waals surface area contributed by atoms with Crippen molar-refractivity contribution in [2.45, 2.75) is 12.8 Å². The van der Waals surface area contributed by atoms with Crippen molar-refractivity contribution in [3.05, 3.63) is 34.9 Å². The molecular formula is C12H16Cl2O. The van der Waals surface area contributed by atoms with Gasteiger partial charge in [0.25, 0.3) is 0 Å². The van der Waals surface area contributed by atoms with Gasteiger partial charge >= 0.3 is 0 Å². The smallest absolute Gasteiger partial charge is 0.0465 e. The molecule has 0 bridgehead atoms. The summed E-state index contributed by atoms with van der Waals surface area (Å²) >= 11 is 11.7. The Kier molecular flexibility index (Phi) is 6.07. The van der Waals surface area contributed by atoms with Gasteiger partial charge in [-0.05, 0) is 36.5 Å². The highest BCUT2D eigenvalue weighted by atomic mass is 35.5. The fraction of sp³-hybridized carbons (Fsp3) is 0.500. The van der Waals surface area contributed by atoms with E-state index in [1.807, 2.05) is 12.1 Å². The average Bonchev–Trinajstić information content (AvgIpc) is 2.27. The maximum Gasteiger partial charge on any atom is 0.0465 e. The molecule has 0 amide bonds. The fourth-order valence-corrected chi connectivity index (χ4v) is 1.86. The Labute approximate surface area is 101 Å². The van der Waals surface area contributed by atoms with Gasteiger partial charge < -0.3 is 4.74 Å². The highest BCUT2D eigenvalue weighted by Gasteiger charge is 2.08. The second-order valence-electron chi connectivity index (χ2n) is 3.63. The molecule has 0 aromatic heterocycles. The van der Waals surface area contributed by atoms with Crippen molar-refractivity contribution in [1.82, 2.24) is 0 Å². The van der Waals surface area contributed by atoms with Gasteiger partial charge in [-0.2, -0.15) is 0 Å². The van der Waals surface area contributed by atoms with Crippen LogP contribution >= 0.6 is 23.2 Å². The van der Waals surface area contributed by atoms with Gasteiger partial charge in [0.2, 0.25) is 0 Å². The van der Waals surface area contributed by atoms with E-state index in [1.54, 1.807) is 7.11 Å². The molecule has 0 fully saturated rings. The lowest BCUT2D eigenvalue weighted by Crippen LogP contribution is -2.09. The lowest BCUT2D eigenvalue weighted by molar-refractivity contribution is 0.180. The Morgan fingerprint density at radius 2 is 1.93 bits per heavy atom. The third-order valence-electron chi connectivity index (χ3n) is 2.39. The summed E-state index contributed by atoms with van der Waals surface area (Å²) in [5.41, 5.74) is 1.28. The summed E-state index contributed by atoms with van der Waals surface area (Å²) in [5.74, 6) is 1.15. The largest absolute Gasteiger partial charge is 0.385 e. The van der Waals surface area contributed by atoms with Crippen LogP contribution in [0, 0.1) is 5.92 Å². The molecule has 0 aliphatic carbocycles. The number of benzene rings is 1. The van der Waals surface area contributed by atoms with Crippen LogP contribution in [0.4, 0.5) is 0 Å². The van der Waals surface area contributed by atoms with Gasteiger partial charge in [0, 0.05) is 24.6 Å². The topological polar surface area (TPSA) is 9.23 Å². The van der Waals surface area contributed by atoms with Gasteiger partial charge in [0.05, 0.1) is 0 Å². The third kappa shape index (κ3) is 4.87. The predicted octanol–water partition coefficient (Wildman–Crippen LogP) is 3.77. The first-order valence-electron chi connectivity index (χ1n) is 5.05. The molecule has 0 aliphatic rings. The summed E-state index contributed by atoms with van der Waals surface area (Å²) in [5, 5.41) is 0.776. The highest BCUT2D eigenvalue weighted by molar-refractivity contribution is 6.30. The Balaban J connectivity index is 2.47. The number of rotatable bonds is 6. The third-order valence-corrected chi connectivity index (χ3v) is 3.07. The number of hydrogen-bond donors (Lipinski definition) is 0. The van der Waals surface area contributed by atoms with Crippen molar-refractivity contribution >= 4 is 23.2 Å². The molecule has 0 N–H and O–H groups in total. The standard InChI is InChI=1S/C12H16Cl2O/c1-15-7-6-11(9-13)8-10-2-4-12(14)5-3-10/h2-5,11H,6-9H2,1H3. The monoisotopic (exact) mass is 246 g/mol. The molecule has 0 aliphatic heterocycles. The van der Waals surface area contributed by atoms with Gasteiger partial charge in [-0.25, -0.2) is 0 Å². The van der Waals surface area contributed by atoms with E-state index >= 15 is 0 Å². The zero-order valence-corrected chi connectivity index (χ0v) is 10.4. The first-order valence-corrected chi connectivity index (χ1v) is 5.97. The van der Waals surface area contributed by atoms with Crippen LogP contribution in [0.1, 0.15) is 12.0 Å². The Morgan fingerprint density at radius 1 is 1.27 bits per heavy atom. The van der Waals surface area contributed by atoms with E-state index < -0.39 is 0 Å². The van der Waals surface area contributed by atoms with Crippen molar-refractivity contribution < 1.29 is 4.74 Å². The Bertz CT molecular complexity index is 271. The molecule has 3 heteroatoms. The molecule has 0 radical (unpaired) electrons. The van der Waals surface area contributed by atoms with E-state index in [9.17, 15) is 0 Å². The molecule has 0 saturated carbocycles. The van der Waals surface area contributed by atoms with E-state index in [4.69, 9.17) is 27.9 Å². The molecule has 1 aromatic rings. The summed E-state index contributed by atoms with van der Waals surface area (Å²) < 4.78 is 5.05. The maximum absolute atomic E-state index is 5.90. The summed E-state index contributed by atoms with van der Waals surface area (Å²) in [6, 6.07) is 7.93. The quantitative estimate of drug-likeness (QED) is 0.695. The van der Waals surface area contributed by atoms with Crippen molar-refractivity contribution in [2.75, 3.05) is 19.6 Å². The van der Waals surface area contributed by atoms with E-state index in [2.05, 4.69) is 12.1 Å². The maximum atomic E-state index is 5.90. The number of halogens is 2. The Hall–Kier alpha value is -0.240. The predicted molar refractivity (Wildman–Crippen MR) is 65.9 cm³/mol. The average molecular weight is 247 g/mol. The van der Waals surface area contributed by atoms with Gasteiger partial charge in [0.1, 0.15) is 0 Å². The molecule has 84 valence electrons. The van der Waals surface area contributed by atoms with E-state index in [0.29, 0.717) is 11.8 Å². The van der Waals surface area contributed by atoms with Crippen molar-refractivity contribution in [3.63, 3.8) is 0 Å². The van der Waals surface area contributed by atoms with Crippen LogP contribution < -0.4 is 0 Å². The van der Waals surface area contributed by atoms with Gasteiger partial charge in [-0.15, -0.1) is 11.6 Å². The van der Waals surface area contributed by atoms with E-state index in [1.165, 1.54) is 5.56 Å². The van der Waals surface area contributed by atoms with Crippen LogP contribution in [0.5, 0.6) is 0 Å². The number of alkyl halides is 1. The molecule has 1 aromatic carbocycles. The summed E-state index contributed by atoms with van der Waals surface area (Å²) in [6.45, 7) is 0.769. The molecule has 15 heavy (non-hydrogen) atoms. The molecule has 1 rings (SSSR count). The van der Waals surface area contributed by atoms with Crippen molar-refractivity contribution in [1.29, 1.82) is 0 Å². The minimum absolute atomic E-state index is 0.479. The van der Waals surface area contributed by atoms with Gasteiger partial charge in [-0.3, -0.25) is 0 Å². The lowest BCUT2D eigenvalue weighted by atomic mass is 9.98. The Morgan fingerprint density at radius 3 is 2.47 bits per heavy atom. The molecule has 0 heterocycles. The first-order chi connectivity index (χ1) is 7.26. The van der Waals surface area contributed by atoms with Crippen LogP contribution in [-0.2, 0) is 11.2 Å². The second kappa shape index (κ2) is 7.10. The highest BCUT2D eigenvalue weighted by Crippen LogP contribution is 2.16. The molecule has 1 atom stereocenters. The van der Waals surface area contributed by atoms with Gasteiger partial charge in [-0.1, -0.05) is 23.7 Å². The summed E-state index contributed by atoms with van der Waals surface area (Å²) in [7, 11) is 1.72. The SMILES string of the molecule is COCCC(CCl)Cc1ccc(Cl)cc1. The molecule has 1 nitrogen and oxygen atoms in total. The van der Waals surface area contributed by atoms with Crippen molar-refractivity contribution in [2.24, 2.45) is 5.92 Å². The molecular weight excluding hydrogens is 231 g/mol. The molecule has 0 spiro atoms. The van der Waals surface area contributed by atoms with Crippen LogP contribution in [0.3, 0.4) is 0 Å². The van der Waals surface area contributed by atoms with Crippen molar-refractivity contribution in [3.8, 4) is 0 Å². The summed E-state index contributed by atoms with van der Waals surface area (Å²) in [6.07, 6.45) is 1.99. The molecule has 1 unspecified atom stereocenters.